The average molecular weight is 355 g/mol. The number of fused-ring (bicyclic) bond motifs is 1. The van der Waals surface area contributed by atoms with Crippen LogP contribution in [-0.4, -0.2) is 23.0 Å². The van der Waals surface area contributed by atoms with E-state index in [4.69, 9.17) is 16.3 Å². The van der Waals surface area contributed by atoms with Gasteiger partial charge in [-0.2, -0.15) is 0 Å². The molecule has 0 radical (unpaired) electrons. The molecule has 5 heteroatoms. The van der Waals surface area contributed by atoms with Crippen LogP contribution in [0.3, 0.4) is 0 Å². The molecule has 1 unspecified atom stereocenters. The van der Waals surface area contributed by atoms with Gasteiger partial charge in [0.15, 0.2) is 6.10 Å². The van der Waals surface area contributed by atoms with Crippen molar-refractivity contribution in [3.63, 3.8) is 0 Å². The molecule has 0 saturated heterocycles. The second-order valence-electron chi connectivity index (χ2n) is 5.61. The van der Waals surface area contributed by atoms with E-state index in [9.17, 15) is 14.7 Å². The second-order valence-corrected chi connectivity index (χ2v) is 6.04. The van der Waals surface area contributed by atoms with Crippen molar-refractivity contribution in [1.82, 2.24) is 0 Å². The molecule has 0 fully saturated rings. The predicted molar refractivity (Wildman–Crippen MR) is 96.3 cm³/mol. The summed E-state index contributed by atoms with van der Waals surface area (Å²) < 4.78 is 5.23. The van der Waals surface area contributed by atoms with E-state index in [1.807, 2.05) is 12.1 Å². The fourth-order valence-corrected chi connectivity index (χ4v) is 2.76. The van der Waals surface area contributed by atoms with Crippen LogP contribution in [0.4, 0.5) is 0 Å². The van der Waals surface area contributed by atoms with Crippen molar-refractivity contribution in [1.29, 1.82) is 0 Å². The number of phenolic OH excluding ortho intramolecular Hbond substituents is 1. The zero-order valence-electron chi connectivity index (χ0n) is 13.4. The Morgan fingerprint density at radius 3 is 2.56 bits per heavy atom. The molecule has 3 aromatic rings. The van der Waals surface area contributed by atoms with Crippen LogP contribution in [0.15, 0.2) is 60.7 Å². The first-order chi connectivity index (χ1) is 12.0. The lowest BCUT2D eigenvalue weighted by molar-refractivity contribution is 0.0316. The van der Waals surface area contributed by atoms with Crippen LogP contribution in [0.25, 0.3) is 10.8 Å². The molecule has 3 aromatic carbocycles. The van der Waals surface area contributed by atoms with Gasteiger partial charge < -0.3 is 9.84 Å². The highest BCUT2D eigenvalue weighted by Crippen LogP contribution is 2.29. The molecule has 0 saturated carbocycles. The van der Waals surface area contributed by atoms with Crippen LogP contribution >= 0.6 is 11.6 Å². The van der Waals surface area contributed by atoms with Crippen molar-refractivity contribution < 1.29 is 19.4 Å². The number of carbonyl (C=O) groups excluding carboxylic acids is 2. The van der Waals surface area contributed by atoms with Crippen molar-refractivity contribution >= 4 is 34.1 Å². The van der Waals surface area contributed by atoms with Crippen LogP contribution in [-0.2, 0) is 4.74 Å². The molecule has 4 nitrogen and oxygen atoms in total. The second kappa shape index (κ2) is 6.95. The maximum atomic E-state index is 12.4. The quantitative estimate of drug-likeness (QED) is 0.548. The fraction of sp³-hybridized carbons (Fsp3) is 0.100. The first-order valence-corrected chi connectivity index (χ1v) is 8.06. The highest BCUT2D eigenvalue weighted by molar-refractivity contribution is 6.31. The number of esters is 1. The first kappa shape index (κ1) is 17.0. The standard InChI is InChI=1S/C20H15ClO4/c1-12(18(22)14-6-4-7-15(21)11-14)25-20(24)17-10-9-13-5-2-3-8-16(13)19(17)23/h2-12,23H,1H3. The van der Waals surface area contributed by atoms with Gasteiger partial charge in [-0.1, -0.05) is 54.1 Å². The first-order valence-electron chi connectivity index (χ1n) is 7.69. The molecule has 0 spiro atoms. The summed E-state index contributed by atoms with van der Waals surface area (Å²) in [4.78, 5) is 24.7. The van der Waals surface area contributed by atoms with Crippen LogP contribution in [0, 0.1) is 0 Å². The van der Waals surface area contributed by atoms with E-state index >= 15 is 0 Å². The lowest BCUT2D eigenvalue weighted by Gasteiger charge is -2.14. The molecule has 1 atom stereocenters. The van der Waals surface area contributed by atoms with Crippen LogP contribution in [0.2, 0.25) is 5.02 Å². The number of ether oxygens (including phenoxy) is 1. The summed E-state index contributed by atoms with van der Waals surface area (Å²) in [5.41, 5.74) is 0.375. The third kappa shape index (κ3) is 3.49. The summed E-state index contributed by atoms with van der Waals surface area (Å²) in [5, 5.41) is 12.1. The average Bonchev–Trinajstić information content (AvgIpc) is 2.61. The number of hydrogen-bond donors (Lipinski definition) is 1. The Hall–Kier alpha value is -2.85. The Balaban J connectivity index is 1.82. The number of rotatable bonds is 4. The topological polar surface area (TPSA) is 63.6 Å². The summed E-state index contributed by atoms with van der Waals surface area (Å²) in [6, 6.07) is 16.8. The van der Waals surface area contributed by atoms with Crippen molar-refractivity contribution in [2.45, 2.75) is 13.0 Å². The minimum Gasteiger partial charge on any atom is -0.506 e. The molecule has 0 amide bonds. The molecular weight excluding hydrogens is 340 g/mol. The van der Waals surface area contributed by atoms with E-state index in [0.717, 1.165) is 5.39 Å². The van der Waals surface area contributed by atoms with Gasteiger partial charge in [0, 0.05) is 16.0 Å². The van der Waals surface area contributed by atoms with Crippen LogP contribution in [0.1, 0.15) is 27.6 Å². The van der Waals surface area contributed by atoms with Crippen molar-refractivity contribution in [3.8, 4) is 5.75 Å². The van der Waals surface area contributed by atoms with Gasteiger partial charge in [0.25, 0.3) is 0 Å². The summed E-state index contributed by atoms with van der Waals surface area (Å²) in [6.45, 7) is 1.49. The Morgan fingerprint density at radius 2 is 1.80 bits per heavy atom. The molecule has 0 aromatic heterocycles. The number of aromatic hydroxyl groups is 1. The lowest BCUT2D eigenvalue weighted by Crippen LogP contribution is -2.24. The molecule has 0 bridgehead atoms. The van der Waals surface area contributed by atoms with Gasteiger partial charge >= 0.3 is 5.97 Å². The maximum Gasteiger partial charge on any atom is 0.342 e. The minimum atomic E-state index is -1.00. The Kier molecular flexibility index (Phi) is 4.72. The smallest absolute Gasteiger partial charge is 0.342 e. The summed E-state index contributed by atoms with van der Waals surface area (Å²) in [6.07, 6.45) is -1.00. The number of Topliss-reactive ketones (excluding diaryl/α,β-unsaturated/α-hetero) is 1. The molecule has 25 heavy (non-hydrogen) atoms. The molecule has 126 valence electrons. The molecule has 1 N–H and O–H groups in total. The third-order valence-electron chi connectivity index (χ3n) is 3.88. The van der Waals surface area contributed by atoms with Gasteiger partial charge in [-0.15, -0.1) is 0 Å². The van der Waals surface area contributed by atoms with Gasteiger partial charge in [0.05, 0.1) is 0 Å². The maximum absolute atomic E-state index is 12.4. The highest BCUT2D eigenvalue weighted by atomic mass is 35.5. The van der Waals surface area contributed by atoms with Crippen LogP contribution in [0.5, 0.6) is 5.75 Å². The van der Waals surface area contributed by atoms with Crippen LogP contribution < -0.4 is 0 Å². The molecule has 0 aliphatic carbocycles. The zero-order valence-corrected chi connectivity index (χ0v) is 14.2. The molecule has 0 aliphatic rings. The van der Waals surface area contributed by atoms with E-state index < -0.39 is 12.1 Å². The number of carbonyl (C=O) groups is 2. The van der Waals surface area contributed by atoms with E-state index in [0.29, 0.717) is 16.0 Å². The van der Waals surface area contributed by atoms with Gasteiger partial charge in [0.2, 0.25) is 5.78 Å². The SMILES string of the molecule is CC(OC(=O)c1ccc2ccccc2c1O)C(=O)c1cccc(Cl)c1. The van der Waals surface area contributed by atoms with Gasteiger partial charge in [0.1, 0.15) is 11.3 Å². The van der Waals surface area contributed by atoms with E-state index in [1.54, 1.807) is 36.4 Å². The minimum absolute atomic E-state index is 0.0180. The molecule has 0 heterocycles. The predicted octanol–water partition coefficient (Wildman–Crippen LogP) is 4.63. The van der Waals surface area contributed by atoms with Gasteiger partial charge in [-0.3, -0.25) is 4.79 Å². The van der Waals surface area contributed by atoms with Gasteiger partial charge in [-0.05, 0) is 30.5 Å². The largest absolute Gasteiger partial charge is 0.506 e. The van der Waals surface area contributed by atoms with Gasteiger partial charge in [-0.25, -0.2) is 4.79 Å². The Morgan fingerprint density at radius 1 is 1.04 bits per heavy atom. The zero-order chi connectivity index (χ0) is 18.0. The Bertz CT molecular complexity index is 965. The number of phenols is 1. The lowest BCUT2D eigenvalue weighted by atomic mass is 10.0. The number of halogens is 1. The van der Waals surface area contributed by atoms with E-state index in [2.05, 4.69) is 0 Å². The monoisotopic (exact) mass is 354 g/mol. The summed E-state index contributed by atoms with van der Waals surface area (Å²) in [7, 11) is 0. The number of hydrogen-bond acceptors (Lipinski definition) is 4. The van der Waals surface area contributed by atoms with Crippen molar-refractivity contribution in [2.24, 2.45) is 0 Å². The fourth-order valence-electron chi connectivity index (χ4n) is 2.57. The summed E-state index contributed by atoms with van der Waals surface area (Å²) in [5.74, 6) is -1.28. The summed E-state index contributed by atoms with van der Waals surface area (Å²) >= 11 is 5.88. The van der Waals surface area contributed by atoms with Crippen molar-refractivity contribution in [2.75, 3.05) is 0 Å². The third-order valence-corrected chi connectivity index (χ3v) is 4.12. The molecular formula is C20H15ClO4. The molecule has 3 rings (SSSR count). The van der Waals surface area contributed by atoms with E-state index in [1.165, 1.54) is 19.1 Å². The van der Waals surface area contributed by atoms with E-state index in [-0.39, 0.29) is 17.1 Å². The normalized spacial score (nSPS) is 11.9. The highest BCUT2D eigenvalue weighted by Gasteiger charge is 2.23. The van der Waals surface area contributed by atoms with Crippen molar-refractivity contribution in [3.05, 3.63) is 76.8 Å². The number of benzene rings is 3. The Labute approximate surface area is 149 Å². The number of ketones is 1. The molecule has 0 aliphatic heterocycles.